The van der Waals surface area contributed by atoms with Crippen LogP contribution in [0.2, 0.25) is 0 Å². The predicted molar refractivity (Wildman–Crippen MR) is 52.4 cm³/mol. The van der Waals surface area contributed by atoms with Gasteiger partial charge in [-0.1, -0.05) is 20.8 Å². The number of hydrogen-bond acceptors (Lipinski definition) is 2. The number of ketones is 1. The Kier molecular flexibility index (Phi) is 3.12. The summed E-state index contributed by atoms with van der Waals surface area (Å²) in [6.45, 7) is 6.12. The summed E-state index contributed by atoms with van der Waals surface area (Å²) in [6.07, 6.45) is 2.98. The van der Waals surface area contributed by atoms with E-state index in [0.717, 1.165) is 19.1 Å². The normalized spacial score (nSPS) is 32.9. The summed E-state index contributed by atoms with van der Waals surface area (Å²) in [5.74, 6) is 0.883. The summed E-state index contributed by atoms with van der Waals surface area (Å²) in [5, 5.41) is 8.95. The fourth-order valence-corrected chi connectivity index (χ4v) is 2.00. The van der Waals surface area contributed by atoms with E-state index in [2.05, 4.69) is 13.8 Å². The van der Waals surface area contributed by atoms with Gasteiger partial charge in [-0.25, -0.2) is 0 Å². The number of carbonyl (C=O) groups is 1. The highest BCUT2D eigenvalue weighted by atomic mass is 16.2. The molecule has 0 amide bonds. The molecule has 0 aliphatic heterocycles. The molecule has 2 unspecified atom stereocenters. The molecule has 1 fully saturated rings. The summed E-state index contributed by atoms with van der Waals surface area (Å²) >= 11 is 0. The highest BCUT2D eigenvalue weighted by Gasteiger charge is 2.32. The molecule has 1 rings (SSSR count). The van der Waals surface area contributed by atoms with Crippen molar-refractivity contribution >= 4 is 5.78 Å². The van der Waals surface area contributed by atoms with Crippen molar-refractivity contribution in [2.45, 2.75) is 33.6 Å². The molecule has 2 atom stereocenters. The van der Waals surface area contributed by atoms with Crippen molar-refractivity contribution in [2.75, 3.05) is 0 Å². The molecule has 0 saturated heterocycles. The average molecular weight is 182 g/mol. The van der Waals surface area contributed by atoms with Gasteiger partial charge in [0.15, 0.2) is 5.78 Å². The maximum absolute atomic E-state index is 11.8. The zero-order valence-electron chi connectivity index (χ0n) is 8.58. The van der Waals surface area contributed by atoms with Crippen molar-refractivity contribution in [3.8, 4) is 0 Å². The van der Waals surface area contributed by atoms with Crippen LogP contribution >= 0.6 is 0 Å². The third-order valence-corrected chi connectivity index (χ3v) is 3.01. The third kappa shape index (κ3) is 1.93. The number of aliphatic hydroxyl groups is 1. The van der Waals surface area contributed by atoms with E-state index < -0.39 is 0 Å². The summed E-state index contributed by atoms with van der Waals surface area (Å²) in [7, 11) is 0. The topological polar surface area (TPSA) is 37.3 Å². The smallest absolute Gasteiger partial charge is 0.165 e. The van der Waals surface area contributed by atoms with E-state index in [9.17, 15) is 4.79 Å². The van der Waals surface area contributed by atoms with Crippen LogP contribution in [-0.2, 0) is 4.79 Å². The van der Waals surface area contributed by atoms with Crippen LogP contribution in [0.25, 0.3) is 0 Å². The highest BCUT2D eigenvalue weighted by molar-refractivity contribution is 5.98. The Morgan fingerprint density at radius 1 is 1.46 bits per heavy atom. The van der Waals surface area contributed by atoms with E-state index in [-0.39, 0.29) is 17.6 Å². The van der Waals surface area contributed by atoms with Crippen LogP contribution in [0.1, 0.15) is 33.6 Å². The number of allylic oxidation sites excluding steroid dienone is 1. The maximum atomic E-state index is 11.8. The number of Topliss-reactive ketones (excluding diaryl/α,β-unsaturated/α-hetero) is 1. The summed E-state index contributed by atoms with van der Waals surface area (Å²) < 4.78 is 0. The second kappa shape index (κ2) is 3.95. The molecule has 13 heavy (non-hydrogen) atoms. The quantitative estimate of drug-likeness (QED) is 0.500. The molecular weight excluding hydrogens is 164 g/mol. The van der Waals surface area contributed by atoms with Crippen LogP contribution in [0.15, 0.2) is 11.8 Å². The van der Waals surface area contributed by atoms with E-state index >= 15 is 0 Å². The Bertz CT molecular complexity index is 228. The van der Waals surface area contributed by atoms with Crippen molar-refractivity contribution in [1.82, 2.24) is 0 Å². The zero-order chi connectivity index (χ0) is 10.0. The fraction of sp³-hybridized carbons (Fsp3) is 0.727. The SMILES string of the molecule is CC1CCC(C(C)C)C(=O)/C1=C/O. The van der Waals surface area contributed by atoms with Gasteiger partial charge in [0.05, 0.1) is 6.26 Å². The number of rotatable bonds is 1. The molecule has 0 heterocycles. The third-order valence-electron chi connectivity index (χ3n) is 3.01. The molecule has 0 spiro atoms. The van der Waals surface area contributed by atoms with E-state index in [1.807, 2.05) is 6.92 Å². The van der Waals surface area contributed by atoms with Gasteiger partial charge in [0, 0.05) is 11.5 Å². The fourth-order valence-electron chi connectivity index (χ4n) is 2.00. The molecule has 0 bridgehead atoms. The molecule has 0 radical (unpaired) electrons. The van der Waals surface area contributed by atoms with Gasteiger partial charge in [-0.3, -0.25) is 4.79 Å². The van der Waals surface area contributed by atoms with Gasteiger partial charge in [-0.2, -0.15) is 0 Å². The minimum atomic E-state index is 0.120. The lowest BCUT2D eigenvalue weighted by molar-refractivity contribution is -0.122. The molecular formula is C11H18O2. The molecule has 0 aromatic heterocycles. The molecule has 1 aliphatic rings. The van der Waals surface area contributed by atoms with Crippen molar-refractivity contribution in [2.24, 2.45) is 17.8 Å². The van der Waals surface area contributed by atoms with Crippen molar-refractivity contribution in [1.29, 1.82) is 0 Å². The maximum Gasteiger partial charge on any atom is 0.165 e. The first-order valence-corrected chi connectivity index (χ1v) is 4.96. The van der Waals surface area contributed by atoms with E-state index in [1.54, 1.807) is 0 Å². The van der Waals surface area contributed by atoms with Crippen LogP contribution < -0.4 is 0 Å². The Morgan fingerprint density at radius 3 is 2.54 bits per heavy atom. The lowest BCUT2D eigenvalue weighted by Crippen LogP contribution is -2.30. The molecule has 2 heteroatoms. The van der Waals surface area contributed by atoms with Crippen LogP contribution in [0.3, 0.4) is 0 Å². The van der Waals surface area contributed by atoms with Crippen molar-refractivity contribution in [3.63, 3.8) is 0 Å². The minimum absolute atomic E-state index is 0.120. The Balaban J connectivity index is 2.82. The van der Waals surface area contributed by atoms with Crippen molar-refractivity contribution in [3.05, 3.63) is 11.8 Å². The van der Waals surface area contributed by atoms with Gasteiger partial charge < -0.3 is 5.11 Å². The Morgan fingerprint density at radius 2 is 2.08 bits per heavy atom. The molecule has 1 aliphatic carbocycles. The molecule has 1 saturated carbocycles. The van der Waals surface area contributed by atoms with Crippen molar-refractivity contribution < 1.29 is 9.90 Å². The first kappa shape index (κ1) is 10.3. The van der Waals surface area contributed by atoms with Crippen LogP contribution in [0, 0.1) is 17.8 Å². The number of hydrogen-bond donors (Lipinski definition) is 1. The monoisotopic (exact) mass is 182 g/mol. The zero-order valence-corrected chi connectivity index (χ0v) is 8.58. The summed E-state index contributed by atoms with van der Waals surface area (Å²) in [6, 6.07) is 0. The molecule has 2 nitrogen and oxygen atoms in total. The molecule has 74 valence electrons. The molecule has 0 aromatic rings. The molecule has 0 aromatic carbocycles. The van der Waals surface area contributed by atoms with Gasteiger partial charge in [0.1, 0.15) is 0 Å². The van der Waals surface area contributed by atoms with Gasteiger partial charge in [-0.15, -0.1) is 0 Å². The van der Waals surface area contributed by atoms with Crippen LogP contribution in [-0.4, -0.2) is 10.9 Å². The van der Waals surface area contributed by atoms with Gasteiger partial charge in [0.2, 0.25) is 0 Å². The van der Waals surface area contributed by atoms with E-state index in [0.29, 0.717) is 11.5 Å². The average Bonchev–Trinajstić information content (AvgIpc) is 2.04. The molecule has 1 N–H and O–H groups in total. The largest absolute Gasteiger partial charge is 0.515 e. The highest BCUT2D eigenvalue weighted by Crippen LogP contribution is 2.33. The summed E-state index contributed by atoms with van der Waals surface area (Å²) in [5.41, 5.74) is 0.616. The number of aliphatic hydroxyl groups excluding tert-OH is 1. The van der Waals surface area contributed by atoms with E-state index in [1.165, 1.54) is 0 Å². The Hall–Kier alpha value is -0.790. The standard InChI is InChI=1S/C11H18O2/c1-7(2)9-5-4-8(3)10(6-12)11(9)13/h6-9,12H,4-5H2,1-3H3/b10-6+. The minimum Gasteiger partial charge on any atom is -0.515 e. The summed E-state index contributed by atoms with van der Waals surface area (Å²) in [4.78, 5) is 11.8. The Labute approximate surface area is 79.6 Å². The van der Waals surface area contributed by atoms with E-state index in [4.69, 9.17) is 5.11 Å². The first-order valence-electron chi connectivity index (χ1n) is 4.96. The van der Waals surface area contributed by atoms with Gasteiger partial charge in [-0.05, 0) is 24.7 Å². The second-order valence-corrected chi connectivity index (χ2v) is 4.28. The van der Waals surface area contributed by atoms with Crippen LogP contribution in [0.5, 0.6) is 0 Å². The lowest BCUT2D eigenvalue weighted by atomic mass is 9.74. The van der Waals surface area contributed by atoms with Gasteiger partial charge >= 0.3 is 0 Å². The second-order valence-electron chi connectivity index (χ2n) is 4.28. The number of carbonyl (C=O) groups excluding carboxylic acids is 1. The lowest BCUT2D eigenvalue weighted by Gasteiger charge is -2.29. The van der Waals surface area contributed by atoms with Crippen LogP contribution in [0.4, 0.5) is 0 Å². The predicted octanol–water partition coefficient (Wildman–Crippen LogP) is 2.70. The first-order chi connectivity index (χ1) is 6.07. The van der Waals surface area contributed by atoms with Gasteiger partial charge in [0.25, 0.3) is 0 Å².